The molecule has 90 valence electrons. The summed E-state index contributed by atoms with van der Waals surface area (Å²) in [6.45, 7) is 2.19. The third kappa shape index (κ3) is 4.87. The summed E-state index contributed by atoms with van der Waals surface area (Å²) in [5.41, 5.74) is 0. The van der Waals surface area contributed by atoms with Gasteiger partial charge in [-0.1, -0.05) is 26.2 Å². The summed E-state index contributed by atoms with van der Waals surface area (Å²) >= 11 is 0. The number of nitrogens with one attached hydrogen (secondary N) is 1. The molecule has 1 N–H and O–H groups in total. The van der Waals surface area contributed by atoms with E-state index in [4.69, 9.17) is 0 Å². The number of rotatable bonds is 4. The first-order chi connectivity index (χ1) is 7.03. The van der Waals surface area contributed by atoms with Crippen LogP contribution in [0.1, 0.15) is 45.4 Å². The molecule has 1 saturated carbocycles. The number of alkyl halides is 3. The Morgan fingerprint density at radius 1 is 1.20 bits per heavy atom. The van der Waals surface area contributed by atoms with Crippen molar-refractivity contribution in [3.8, 4) is 0 Å². The van der Waals surface area contributed by atoms with Gasteiger partial charge in [-0.25, -0.2) is 0 Å². The molecule has 0 aromatic rings. The average Bonchev–Trinajstić information content (AvgIpc) is 2.16. The summed E-state index contributed by atoms with van der Waals surface area (Å²) < 4.78 is 35.8. The van der Waals surface area contributed by atoms with E-state index in [1.807, 2.05) is 0 Å². The van der Waals surface area contributed by atoms with Gasteiger partial charge in [-0.05, 0) is 18.8 Å². The SMILES string of the molecule is CCC1CCCCC1NCCC(F)(F)F. The Balaban J connectivity index is 2.23. The normalized spacial score (nSPS) is 28.0. The maximum absolute atomic E-state index is 11.9. The molecular weight excluding hydrogens is 203 g/mol. The molecule has 0 aromatic heterocycles. The Kier molecular flexibility index (Phi) is 4.90. The van der Waals surface area contributed by atoms with Crippen molar-refractivity contribution in [1.29, 1.82) is 0 Å². The van der Waals surface area contributed by atoms with E-state index in [1.54, 1.807) is 0 Å². The van der Waals surface area contributed by atoms with Crippen LogP contribution in [-0.2, 0) is 0 Å². The van der Waals surface area contributed by atoms with Crippen molar-refractivity contribution in [2.75, 3.05) is 6.54 Å². The molecule has 0 spiro atoms. The summed E-state index contributed by atoms with van der Waals surface area (Å²) in [6, 6.07) is 0.311. The molecule has 15 heavy (non-hydrogen) atoms. The van der Waals surface area contributed by atoms with Crippen LogP contribution in [0.25, 0.3) is 0 Å². The maximum atomic E-state index is 11.9. The summed E-state index contributed by atoms with van der Waals surface area (Å²) in [6.07, 6.45) is 0.930. The van der Waals surface area contributed by atoms with Crippen LogP contribution in [0.2, 0.25) is 0 Å². The molecule has 2 atom stereocenters. The fourth-order valence-electron chi connectivity index (χ4n) is 2.36. The first kappa shape index (κ1) is 12.8. The summed E-state index contributed by atoms with van der Waals surface area (Å²) in [5, 5.41) is 3.06. The van der Waals surface area contributed by atoms with Crippen molar-refractivity contribution in [2.24, 2.45) is 5.92 Å². The zero-order valence-corrected chi connectivity index (χ0v) is 9.24. The molecule has 0 radical (unpaired) electrons. The Morgan fingerprint density at radius 3 is 2.47 bits per heavy atom. The maximum Gasteiger partial charge on any atom is 0.390 e. The lowest BCUT2D eigenvalue weighted by Gasteiger charge is -2.31. The van der Waals surface area contributed by atoms with E-state index < -0.39 is 12.6 Å². The van der Waals surface area contributed by atoms with E-state index in [0.29, 0.717) is 12.0 Å². The summed E-state index contributed by atoms with van der Waals surface area (Å²) in [5.74, 6) is 0.576. The van der Waals surface area contributed by atoms with Crippen molar-refractivity contribution in [3.63, 3.8) is 0 Å². The first-order valence-corrected chi connectivity index (χ1v) is 5.83. The second kappa shape index (κ2) is 5.73. The quantitative estimate of drug-likeness (QED) is 0.769. The highest BCUT2D eigenvalue weighted by Crippen LogP contribution is 2.27. The van der Waals surface area contributed by atoms with E-state index in [9.17, 15) is 13.2 Å². The second-order valence-corrected chi connectivity index (χ2v) is 4.38. The molecule has 2 unspecified atom stereocenters. The molecule has 1 nitrogen and oxygen atoms in total. The van der Waals surface area contributed by atoms with Gasteiger partial charge >= 0.3 is 6.18 Å². The van der Waals surface area contributed by atoms with Crippen LogP contribution in [0.5, 0.6) is 0 Å². The smallest absolute Gasteiger partial charge is 0.313 e. The van der Waals surface area contributed by atoms with Crippen LogP contribution >= 0.6 is 0 Å². The number of hydrogen-bond acceptors (Lipinski definition) is 1. The highest BCUT2D eigenvalue weighted by Gasteiger charge is 2.28. The largest absolute Gasteiger partial charge is 0.390 e. The minimum absolute atomic E-state index is 0.0741. The predicted octanol–water partition coefficient (Wildman–Crippen LogP) is 3.50. The van der Waals surface area contributed by atoms with Gasteiger partial charge in [-0.3, -0.25) is 0 Å². The molecule has 0 bridgehead atoms. The molecule has 0 amide bonds. The fraction of sp³-hybridized carbons (Fsp3) is 1.00. The van der Waals surface area contributed by atoms with Crippen LogP contribution in [0.3, 0.4) is 0 Å². The van der Waals surface area contributed by atoms with Crippen molar-refractivity contribution in [2.45, 2.75) is 57.7 Å². The molecule has 1 rings (SSSR count). The molecule has 4 heteroatoms. The lowest BCUT2D eigenvalue weighted by molar-refractivity contribution is -0.133. The van der Waals surface area contributed by atoms with Crippen LogP contribution in [0, 0.1) is 5.92 Å². The van der Waals surface area contributed by atoms with E-state index in [0.717, 1.165) is 19.3 Å². The average molecular weight is 223 g/mol. The molecule has 0 aliphatic heterocycles. The minimum atomic E-state index is -4.02. The molecule has 0 heterocycles. The standard InChI is InChI=1S/C11H20F3N/c1-2-9-5-3-4-6-10(9)15-8-7-11(12,13)14/h9-10,15H,2-8H2,1H3. The van der Waals surface area contributed by atoms with Crippen molar-refractivity contribution in [1.82, 2.24) is 5.32 Å². The van der Waals surface area contributed by atoms with Crippen molar-refractivity contribution in [3.05, 3.63) is 0 Å². The zero-order valence-electron chi connectivity index (χ0n) is 9.24. The van der Waals surface area contributed by atoms with Crippen LogP contribution in [0.4, 0.5) is 13.2 Å². The monoisotopic (exact) mass is 223 g/mol. The fourth-order valence-corrected chi connectivity index (χ4v) is 2.36. The summed E-state index contributed by atoms with van der Waals surface area (Å²) in [4.78, 5) is 0. The van der Waals surface area contributed by atoms with Gasteiger partial charge in [0.15, 0.2) is 0 Å². The van der Waals surface area contributed by atoms with Crippen LogP contribution < -0.4 is 5.32 Å². The molecular formula is C11H20F3N. The zero-order chi connectivity index (χ0) is 11.3. The van der Waals surface area contributed by atoms with Crippen molar-refractivity contribution >= 4 is 0 Å². The highest BCUT2D eigenvalue weighted by atomic mass is 19.4. The van der Waals surface area contributed by atoms with E-state index in [1.165, 1.54) is 12.8 Å². The Labute approximate surface area is 89.4 Å². The van der Waals surface area contributed by atoms with Crippen LogP contribution in [-0.4, -0.2) is 18.8 Å². The molecule has 0 saturated heterocycles. The van der Waals surface area contributed by atoms with E-state index >= 15 is 0 Å². The van der Waals surface area contributed by atoms with Gasteiger partial charge in [0, 0.05) is 12.6 Å². The van der Waals surface area contributed by atoms with Gasteiger partial charge in [-0.15, -0.1) is 0 Å². The Morgan fingerprint density at radius 2 is 1.87 bits per heavy atom. The lowest BCUT2D eigenvalue weighted by Crippen LogP contribution is -2.39. The van der Waals surface area contributed by atoms with Gasteiger partial charge in [0.05, 0.1) is 6.42 Å². The second-order valence-electron chi connectivity index (χ2n) is 4.38. The Bertz CT molecular complexity index is 179. The Hall–Kier alpha value is -0.250. The lowest BCUT2D eigenvalue weighted by atomic mass is 9.83. The third-order valence-electron chi connectivity index (χ3n) is 3.25. The minimum Gasteiger partial charge on any atom is -0.313 e. The third-order valence-corrected chi connectivity index (χ3v) is 3.25. The predicted molar refractivity (Wildman–Crippen MR) is 54.7 cm³/mol. The van der Waals surface area contributed by atoms with Crippen molar-refractivity contribution < 1.29 is 13.2 Å². The number of halogens is 3. The molecule has 1 aliphatic rings. The molecule has 1 fully saturated rings. The van der Waals surface area contributed by atoms with Gasteiger partial charge in [0.1, 0.15) is 0 Å². The molecule has 1 aliphatic carbocycles. The van der Waals surface area contributed by atoms with E-state index in [-0.39, 0.29) is 6.54 Å². The summed E-state index contributed by atoms with van der Waals surface area (Å²) in [7, 11) is 0. The van der Waals surface area contributed by atoms with Gasteiger partial charge in [0.25, 0.3) is 0 Å². The topological polar surface area (TPSA) is 12.0 Å². The van der Waals surface area contributed by atoms with Gasteiger partial charge in [0.2, 0.25) is 0 Å². The van der Waals surface area contributed by atoms with Crippen LogP contribution in [0.15, 0.2) is 0 Å². The number of hydrogen-bond donors (Lipinski definition) is 1. The van der Waals surface area contributed by atoms with Gasteiger partial charge < -0.3 is 5.32 Å². The van der Waals surface area contributed by atoms with E-state index in [2.05, 4.69) is 12.2 Å². The van der Waals surface area contributed by atoms with Gasteiger partial charge in [-0.2, -0.15) is 13.2 Å². The highest BCUT2D eigenvalue weighted by molar-refractivity contribution is 4.80. The first-order valence-electron chi connectivity index (χ1n) is 5.83. The molecule has 0 aromatic carbocycles.